The first kappa shape index (κ1) is 17.8. The zero-order valence-electron chi connectivity index (χ0n) is 12.2. The Morgan fingerprint density at radius 1 is 1.40 bits per heavy atom. The molecule has 0 aliphatic rings. The summed E-state index contributed by atoms with van der Waals surface area (Å²) in [5.41, 5.74) is 3.51. The van der Waals surface area contributed by atoms with Crippen molar-refractivity contribution in [1.29, 1.82) is 0 Å². The van der Waals surface area contributed by atoms with E-state index in [9.17, 15) is 0 Å². The second-order valence-electron chi connectivity index (χ2n) is 5.66. The summed E-state index contributed by atoms with van der Waals surface area (Å²) >= 11 is 14.9. The molecule has 1 rings (SSSR count). The fourth-order valence-corrected chi connectivity index (χ4v) is 2.41. The minimum Gasteiger partial charge on any atom is -0.487 e. The molecule has 0 atom stereocenters. The highest BCUT2D eigenvalue weighted by molar-refractivity contribution is 9.10. The largest absolute Gasteiger partial charge is 0.487 e. The molecule has 1 N–H and O–H groups in total. The summed E-state index contributed by atoms with van der Waals surface area (Å²) in [4.78, 5) is 0. The number of aryl methyl sites for hydroxylation is 1. The van der Waals surface area contributed by atoms with Gasteiger partial charge in [-0.3, -0.25) is 0 Å². The lowest BCUT2D eigenvalue weighted by atomic mass is 10.1. The van der Waals surface area contributed by atoms with E-state index in [1.165, 1.54) is 5.54 Å². The molecule has 0 aliphatic carbocycles. The molecule has 1 aromatic carbocycles. The summed E-state index contributed by atoms with van der Waals surface area (Å²) in [6.45, 7) is 9.40. The molecule has 0 aliphatic heterocycles. The minimum atomic E-state index is 0.0428. The van der Waals surface area contributed by atoms with E-state index >= 15 is 0 Å². The average Bonchev–Trinajstić information content (AvgIpc) is 2.33. The highest BCUT2D eigenvalue weighted by Gasteiger charge is 2.14. The molecular weight excluding hydrogens is 361 g/mol. The Balaban J connectivity index is 2.95. The van der Waals surface area contributed by atoms with Crippen LogP contribution < -0.4 is 10.1 Å². The average molecular weight is 381 g/mol. The van der Waals surface area contributed by atoms with Gasteiger partial charge < -0.3 is 10.1 Å². The maximum Gasteiger partial charge on any atom is 0.127 e. The monoisotopic (exact) mass is 379 g/mol. The van der Waals surface area contributed by atoms with Gasteiger partial charge in [0.05, 0.1) is 5.03 Å². The fraction of sp³-hybridized carbons (Fsp3) is 0.467. The number of halogens is 3. The van der Waals surface area contributed by atoms with Crippen molar-refractivity contribution >= 4 is 39.1 Å². The van der Waals surface area contributed by atoms with Crippen LogP contribution in [0.15, 0.2) is 27.2 Å². The zero-order valence-corrected chi connectivity index (χ0v) is 15.3. The third-order valence-corrected chi connectivity index (χ3v) is 3.65. The van der Waals surface area contributed by atoms with Gasteiger partial charge in [0.2, 0.25) is 0 Å². The third-order valence-electron chi connectivity index (χ3n) is 2.60. The maximum atomic E-state index is 5.88. The van der Waals surface area contributed by atoms with Gasteiger partial charge in [0.15, 0.2) is 0 Å². The fourth-order valence-electron chi connectivity index (χ4n) is 1.67. The molecule has 20 heavy (non-hydrogen) atoms. The normalized spacial score (nSPS) is 12.7. The smallest absolute Gasteiger partial charge is 0.127 e. The van der Waals surface area contributed by atoms with E-state index in [0.29, 0.717) is 5.03 Å². The van der Waals surface area contributed by atoms with Crippen LogP contribution in [0.2, 0.25) is 0 Å². The number of ether oxygens (including phenoxy) is 1. The Kier molecular flexibility index (Phi) is 6.86. The standard InChI is InChI=1S/C15H20BrCl2NO/c1-10-5-12(16)6-11(8-19-15(2,3)4)14(10)20-9-13(18)7-17/h5-7,19H,8-9H2,1-4H3/b13-7-. The second kappa shape index (κ2) is 7.69. The molecule has 0 heterocycles. The molecule has 0 radical (unpaired) electrons. The van der Waals surface area contributed by atoms with Gasteiger partial charge >= 0.3 is 0 Å². The van der Waals surface area contributed by atoms with Crippen molar-refractivity contribution in [2.24, 2.45) is 0 Å². The second-order valence-corrected chi connectivity index (χ2v) is 7.28. The predicted octanol–water partition coefficient (Wildman–Crippen LogP) is 5.34. The lowest BCUT2D eigenvalue weighted by Gasteiger charge is -2.22. The summed E-state index contributed by atoms with van der Waals surface area (Å²) in [5.74, 6) is 0.849. The number of rotatable bonds is 5. The van der Waals surface area contributed by atoms with Crippen LogP contribution >= 0.6 is 39.1 Å². The summed E-state index contributed by atoms with van der Waals surface area (Å²) in [6.07, 6.45) is 0. The van der Waals surface area contributed by atoms with Gasteiger partial charge in [0.25, 0.3) is 0 Å². The molecule has 0 bridgehead atoms. The Bertz CT molecular complexity index is 495. The van der Waals surface area contributed by atoms with E-state index in [-0.39, 0.29) is 12.1 Å². The van der Waals surface area contributed by atoms with Crippen molar-refractivity contribution in [3.63, 3.8) is 0 Å². The van der Waals surface area contributed by atoms with Crippen LogP contribution in [0.3, 0.4) is 0 Å². The van der Waals surface area contributed by atoms with Crippen LogP contribution in [0.4, 0.5) is 0 Å². The molecule has 0 saturated carbocycles. The number of hydrogen-bond acceptors (Lipinski definition) is 2. The van der Waals surface area contributed by atoms with Gasteiger partial charge in [-0.05, 0) is 45.4 Å². The summed E-state index contributed by atoms with van der Waals surface area (Å²) in [6, 6.07) is 4.08. The molecular formula is C15H20BrCl2NO. The maximum absolute atomic E-state index is 5.88. The van der Waals surface area contributed by atoms with Gasteiger partial charge in [0.1, 0.15) is 12.4 Å². The van der Waals surface area contributed by atoms with Crippen LogP contribution in [-0.2, 0) is 6.54 Å². The van der Waals surface area contributed by atoms with Crippen molar-refractivity contribution in [3.8, 4) is 5.75 Å². The van der Waals surface area contributed by atoms with E-state index in [2.05, 4.69) is 48.1 Å². The van der Waals surface area contributed by atoms with Crippen LogP contribution in [0.1, 0.15) is 31.9 Å². The van der Waals surface area contributed by atoms with Crippen LogP contribution in [0, 0.1) is 6.92 Å². The van der Waals surface area contributed by atoms with E-state index in [0.717, 1.165) is 27.9 Å². The molecule has 112 valence electrons. The summed E-state index contributed by atoms with van der Waals surface area (Å²) in [7, 11) is 0. The van der Waals surface area contributed by atoms with Crippen molar-refractivity contribution in [2.45, 2.75) is 39.8 Å². The molecule has 0 fully saturated rings. The highest BCUT2D eigenvalue weighted by atomic mass is 79.9. The Morgan fingerprint density at radius 3 is 2.60 bits per heavy atom. The van der Waals surface area contributed by atoms with Crippen LogP contribution in [-0.4, -0.2) is 12.1 Å². The topological polar surface area (TPSA) is 21.3 Å². The van der Waals surface area contributed by atoms with Gasteiger partial charge in [-0.15, -0.1) is 0 Å². The van der Waals surface area contributed by atoms with E-state index in [1.54, 1.807) is 0 Å². The van der Waals surface area contributed by atoms with E-state index < -0.39 is 0 Å². The van der Waals surface area contributed by atoms with E-state index in [1.807, 2.05) is 13.0 Å². The number of hydrogen-bond donors (Lipinski definition) is 1. The van der Waals surface area contributed by atoms with Gasteiger partial charge in [-0.25, -0.2) is 0 Å². The van der Waals surface area contributed by atoms with E-state index in [4.69, 9.17) is 27.9 Å². The Hall–Kier alpha value is -0.220. The highest BCUT2D eigenvalue weighted by Crippen LogP contribution is 2.29. The molecule has 5 heteroatoms. The minimum absolute atomic E-state index is 0.0428. The predicted molar refractivity (Wildman–Crippen MR) is 90.8 cm³/mol. The lowest BCUT2D eigenvalue weighted by molar-refractivity contribution is 0.347. The quantitative estimate of drug-likeness (QED) is 0.743. The summed E-state index contributed by atoms with van der Waals surface area (Å²) in [5, 5.41) is 3.94. The zero-order chi connectivity index (χ0) is 15.3. The Labute approximate surface area is 139 Å². The summed E-state index contributed by atoms with van der Waals surface area (Å²) < 4.78 is 6.83. The first-order chi connectivity index (χ1) is 9.23. The van der Waals surface area contributed by atoms with Crippen molar-refractivity contribution in [1.82, 2.24) is 5.32 Å². The first-order valence-corrected chi connectivity index (χ1v) is 7.95. The third kappa shape index (κ3) is 6.04. The Morgan fingerprint density at radius 2 is 2.05 bits per heavy atom. The molecule has 0 spiro atoms. The molecule has 0 saturated heterocycles. The molecule has 0 unspecified atom stereocenters. The van der Waals surface area contributed by atoms with Crippen LogP contribution in [0.25, 0.3) is 0 Å². The lowest BCUT2D eigenvalue weighted by Crippen LogP contribution is -2.35. The number of benzene rings is 1. The van der Waals surface area contributed by atoms with Crippen molar-refractivity contribution in [2.75, 3.05) is 6.61 Å². The van der Waals surface area contributed by atoms with Gasteiger partial charge in [0, 0.05) is 27.7 Å². The van der Waals surface area contributed by atoms with Crippen molar-refractivity contribution < 1.29 is 4.74 Å². The van der Waals surface area contributed by atoms with Crippen molar-refractivity contribution in [3.05, 3.63) is 38.3 Å². The number of nitrogens with one attached hydrogen (secondary N) is 1. The molecule has 2 nitrogen and oxygen atoms in total. The van der Waals surface area contributed by atoms with Crippen LogP contribution in [0.5, 0.6) is 5.75 Å². The molecule has 1 aromatic rings. The molecule has 0 amide bonds. The SMILES string of the molecule is Cc1cc(Br)cc(CNC(C)(C)C)c1OC/C(Cl)=C/Cl. The molecule has 0 aromatic heterocycles. The van der Waals surface area contributed by atoms with Gasteiger partial charge in [-0.2, -0.15) is 0 Å². The van der Waals surface area contributed by atoms with Gasteiger partial charge in [-0.1, -0.05) is 39.1 Å². The first-order valence-electron chi connectivity index (χ1n) is 6.34.